The molecule has 0 radical (unpaired) electrons. The van der Waals surface area contributed by atoms with Crippen molar-refractivity contribution in [3.8, 4) is 5.75 Å². The van der Waals surface area contributed by atoms with Crippen molar-refractivity contribution in [1.29, 1.82) is 0 Å². The predicted octanol–water partition coefficient (Wildman–Crippen LogP) is 3.51. The Morgan fingerprint density at radius 2 is 2.24 bits per heavy atom. The Kier molecular flexibility index (Phi) is 3.76. The van der Waals surface area contributed by atoms with Gasteiger partial charge in [0.1, 0.15) is 10.6 Å². The van der Waals surface area contributed by atoms with Crippen LogP contribution in [0.2, 0.25) is 0 Å². The Bertz CT molecular complexity index is 680. The van der Waals surface area contributed by atoms with E-state index in [1.807, 2.05) is 23.1 Å². The molecule has 0 aliphatic carbocycles. The number of carbonyl (C=O) groups excluding carboxylic acids is 1. The number of fused-ring (bicyclic) bond motifs is 1. The van der Waals surface area contributed by atoms with E-state index in [2.05, 4.69) is 6.92 Å². The third-order valence-corrected chi connectivity index (χ3v) is 5.35. The summed E-state index contributed by atoms with van der Waals surface area (Å²) < 4.78 is 6.37. The molecule has 5 heteroatoms. The molecule has 4 nitrogen and oxygen atoms in total. The summed E-state index contributed by atoms with van der Waals surface area (Å²) in [7, 11) is 1.63. The Balaban J connectivity index is 2.04. The van der Waals surface area contributed by atoms with Gasteiger partial charge < -0.3 is 15.4 Å². The highest BCUT2D eigenvalue weighted by Gasteiger charge is 2.28. The van der Waals surface area contributed by atoms with Gasteiger partial charge in [-0.15, -0.1) is 11.3 Å². The maximum Gasteiger partial charge on any atom is 0.266 e. The second kappa shape index (κ2) is 5.56. The van der Waals surface area contributed by atoms with Crippen LogP contribution in [-0.4, -0.2) is 30.5 Å². The molecular weight excluding hydrogens is 284 g/mol. The third-order valence-electron chi connectivity index (χ3n) is 4.19. The molecule has 1 amide bonds. The summed E-state index contributed by atoms with van der Waals surface area (Å²) in [6.45, 7) is 2.94. The van der Waals surface area contributed by atoms with Crippen LogP contribution in [0.5, 0.6) is 5.75 Å². The van der Waals surface area contributed by atoms with Crippen molar-refractivity contribution in [2.45, 2.75) is 32.2 Å². The fourth-order valence-electron chi connectivity index (χ4n) is 3.00. The summed E-state index contributed by atoms with van der Waals surface area (Å²) in [5.41, 5.74) is 6.80. The first kappa shape index (κ1) is 14.2. The van der Waals surface area contributed by atoms with E-state index in [-0.39, 0.29) is 11.9 Å². The van der Waals surface area contributed by atoms with Gasteiger partial charge in [-0.3, -0.25) is 4.79 Å². The van der Waals surface area contributed by atoms with E-state index in [0.717, 1.165) is 35.2 Å². The van der Waals surface area contributed by atoms with Crippen LogP contribution in [-0.2, 0) is 0 Å². The highest BCUT2D eigenvalue weighted by Crippen LogP contribution is 2.40. The zero-order valence-corrected chi connectivity index (χ0v) is 13.2. The van der Waals surface area contributed by atoms with Crippen LogP contribution >= 0.6 is 11.3 Å². The van der Waals surface area contributed by atoms with Gasteiger partial charge in [0.15, 0.2) is 0 Å². The van der Waals surface area contributed by atoms with E-state index in [9.17, 15) is 4.79 Å². The number of rotatable bonds is 2. The van der Waals surface area contributed by atoms with Gasteiger partial charge >= 0.3 is 0 Å². The number of ether oxygens (including phenoxy) is 1. The highest BCUT2D eigenvalue weighted by atomic mass is 32.1. The fraction of sp³-hybridized carbons (Fsp3) is 0.438. The van der Waals surface area contributed by atoms with Crippen molar-refractivity contribution in [3.05, 3.63) is 23.1 Å². The number of hydrogen-bond donors (Lipinski definition) is 1. The molecule has 1 unspecified atom stereocenters. The summed E-state index contributed by atoms with van der Waals surface area (Å²) >= 11 is 1.46. The van der Waals surface area contributed by atoms with Crippen LogP contribution in [0.25, 0.3) is 10.1 Å². The smallest absolute Gasteiger partial charge is 0.266 e. The maximum absolute atomic E-state index is 12.8. The van der Waals surface area contributed by atoms with Gasteiger partial charge in [-0.05, 0) is 38.3 Å². The van der Waals surface area contributed by atoms with E-state index in [1.165, 1.54) is 17.8 Å². The van der Waals surface area contributed by atoms with Crippen LogP contribution in [0.3, 0.4) is 0 Å². The number of hydrogen-bond acceptors (Lipinski definition) is 4. The third kappa shape index (κ3) is 2.35. The molecular formula is C16H20N2O2S. The molecule has 1 aliphatic heterocycles. The molecule has 1 aromatic heterocycles. The second-order valence-corrected chi connectivity index (χ2v) is 6.57. The monoisotopic (exact) mass is 304 g/mol. The average molecular weight is 304 g/mol. The van der Waals surface area contributed by atoms with Gasteiger partial charge in [0.2, 0.25) is 0 Å². The van der Waals surface area contributed by atoms with Crippen LogP contribution < -0.4 is 10.5 Å². The number of carbonyl (C=O) groups is 1. The van der Waals surface area contributed by atoms with Crippen LogP contribution in [0, 0.1) is 0 Å². The lowest BCUT2D eigenvalue weighted by atomic mass is 10.0. The summed E-state index contributed by atoms with van der Waals surface area (Å²) in [5.74, 6) is 0.787. The molecule has 3 rings (SSSR count). The number of benzene rings is 1. The molecule has 1 fully saturated rings. The van der Waals surface area contributed by atoms with Crippen molar-refractivity contribution >= 4 is 33.0 Å². The molecule has 2 aromatic rings. The second-order valence-electron chi connectivity index (χ2n) is 5.52. The highest BCUT2D eigenvalue weighted by molar-refractivity contribution is 7.21. The average Bonchev–Trinajstić information content (AvgIpc) is 2.84. The maximum atomic E-state index is 12.8. The van der Waals surface area contributed by atoms with Crippen molar-refractivity contribution in [2.24, 2.45) is 0 Å². The summed E-state index contributed by atoms with van der Waals surface area (Å²) in [5, 5.41) is 0.859. The lowest BCUT2D eigenvalue weighted by Gasteiger charge is -2.33. The van der Waals surface area contributed by atoms with Crippen LogP contribution in [0.4, 0.5) is 5.69 Å². The molecule has 21 heavy (non-hydrogen) atoms. The van der Waals surface area contributed by atoms with E-state index in [4.69, 9.17) is 10.5 Å². The van der Waals surface area contributed by atoms with Crippen LogP contribution in [0.15, 0.2) is 18.2 Å². The number of piperidine rings is 1. The molecule has 1 saturated heterocycles. The van der Waals surface area contributed by atoms with Gasteiger partial charge in [0, 0.05) is 17.3 Å². The van der Waals surface area contributed by atoms with Crippen LogP contribution in [0.1, 0.15) is 35.9 Å². The first-order chi connectivity index (χ1) is 10.1. The number of nitrogens with zero attached hydrogens (tertiary/aromatic N) is 1. The van der Waals surface area contributed by atoms with Gasteiger partial charge in [-0.25, -0.2) is 0 Å². The van der Waals surface area contributed by atoms with Crippen molar-refractivity contribution < 1.29 is 9.53 Å². The van der Waals surface area contributed by atoms with Crippen molar-refractivity contribution in [2.75, 3.05) is 19.4 Å². The standard InChI is InChI=1S/C16H20N2O2S/c1-10-6-3-4-9-18(10)16(19)15-14(17)13-11(20-2)7-5-8-12(13)21-15/h5,7-8,10H,3-4,6,9,17H2,1-2H3. The number of likely N-dealkylation sites (tertiary alicyclic amines) is 1. The van der Waals surface area contributed by atoms with Crippen molar-refractivity contribution in [3.63, 3.8) is 0 Å². The largest absolute Gasteiger partial charge is 0.496 e. The lowest BCUT2D eigenvalue weighted by molar-refractivity contribution is 0.0642. The normalized spacial score (nSPS) is 19.0. The molecule has 2 heterocycles. The topological polar surface area (TPSA) is 55.6 Å². The lowest BCUT2D eigenvalue weighted by Crippen LogP contribution is -2.41. The molecule has 1 aliphatic rings. The SMILES string of the molecule is COc1cccc2sc(C(=O)N3CCCCC3C)c(N)c12. The van der Waals surface area contributed by atoms with E-state index >= 15 is 0 Å². The zero-order chi connectivity index (χ0) is 15.0. The molecule has 1 atom stereocenters. The molecule has 0 bridgehead atoms. The van der Waals surface area contributed by atoms with Crippen molar-refractivity contribution in [1.82, 2.24) is 4.90 Å². The first-order valence-electron chi connectivity index (χ1n) is 7.29. The molecule has 112 valence electrons. The molecule has 1 aromatic carbocycles. The summed E-state index contributed by atoms with van der Waals surface area (Å²) in [4.78, 5) is 15.4. The number of thiophene rings is 1. The Morgan fingerprint density at radius 1 is 1.43 bits per heavy atom. The zero-order valence-electron chi connectivity index (χ0n) is 12.4. The predicted molar refractivity (Wildman–Crippen MR) is 87.1 cm³/mol. The summed E-state index contributed by atoms with van der Waals surface area (Å²) in [6.07, 6.45) is 3.34. The Labute approximate surface area is 128 Å². The Morgan fingerprint density at radius 3 is 2.95 bits per heavy atom. The number of nitrogens with two attached hydrogens (primary N) is 1. The quantitative estimate of drug-likeness (QED) is 0.923. The number of nitrogen functional groups attached to an aromatic ring is 1. The molecule has 0 spiro atoms. The minimum Gasteiger partial charge on any atom is -0.496 e. The number of anilines is 1. The minimum absolute atomic E-state index is 0.0583. The number of methoxy groups -OCH3 is 1. The van der Waals surface area contributed by atoms with E-state index in [1.54, 1.807) is 7.11 Å². The Hall–Kier alpha value is -1.75. The number of amides is 1. The molecule has 2 N–H and O–H groups in total. The summed E-state index contributed by atoms with van der Waals surface area (Å²) in [6, 6.07) is 6.07. The fourth-order valence-corrected chi connectivity index (χ4v) is 4.09. The van der Waals surface area contributed by atoms with Gasteiger partial charge in [-0.1, -0.05) is 6.07 Å². The van der Waals surface area contributed by atoms with Gasteiger partial charge in [0.05, 0.1) is 18.2 Å². The minimum atomic E-state index is 0.0583. The van der Waals surface area contributed by atoms with Gasteiger partial charge in [-0.2, -0.15) is 0 Å². The molecule has 0 saturated carbocycles. The van der Waals surface area contributed by atoms with Gasteiger partial charge in [0.25, 0.3) is 5.91 Å². The van der Waals surface area contributed by atoms with E-state index < -0.39 is 0 Å². The first-order valence-corrected chi connectivity index (χ1v) is 8.11. The van der Waals surface area contributed by atoms with E-state index in [0.29, 0.717) is 10.6 Å².